The van der Waals surface area contributed by atoms with Crippen LogP contribution in [0.1, 0.15) is 51.9 Å². The van der Waals surface area contributed by atoms with Gasteiger partial charge in [0.15, 0.2) is 0 Å². The predicted octanol–water partition coefficient (Wildman–Crippen LogP) is 2.31. The molecular formula is C16H33N3. The van der Waals surface area contributed by atoms with E-state index in [9.17, 15) is 0 Å². The molecule has 0 aromatic heterocycles. The molecule has 1 saturated carbocycles. The fraction of sp³-hybridized carbons (Fsp3) is 1.00. The van der Waals surface area contributed by atoms with Gasteiger partial charge in [-0.2, -0.15) is 0 Å². The molecule has 112 valence electrons. The molecule has 0 amide bonds. The maximum absolute atomic E-state index is 6.11. The van der Waals surface area contributed by atoms with E-state index in [0.29, 0.717) is 6.04 Å². The van der Waals surface area contributed by atoms with Crippen LogP contribution in [-0.2, 0) is 0 Å². The molecule has 2 aliphatic rings. The molecule has 2 fully saturated rings. The van der Waals surface area contributed by atoms with Crippen molar-refractivity contribution in [2.24, 2.45) is 11.7 Å². The Labute approximate surface area is 119 Å². The van der Waals surface area contributed by atoms with Crippen LogP contribution < -0.4 is 5.73 Å². The van der Waals surface area contributed by atoms with Crippen LogP contribution in [0.15, 0.2) is 0 Å². The second-order valence-corrected chi connectivity index (χ2v) is 6.53. The number of hydrogen-bond donors (Lipinski definition) is 1. The third-order valence-corrected chi connectivity index (χ3v) is 5.54. The van der Waals surface area contributed by atoms with Crippen LogP contribution in [0.3, 0.4) is 0 Å². The number of hydrogen-bond acceptors (Lipinski definition) is 3. The van der Waals surface area contributed by atoms with Gasteiger partial charge in [0.1, 0.15) is 0 Å². The van der Waals surface area contributed by atoms with Gasteiger partial charge in [-0.3, -0.25) is 4.90 Å². The van der Waals surface area contributed by atoms with Crippen LogP contribution >= 0.6 is 0 Å². The summed E-state index contributed by atoms with van der Waals surface area (Å²) in [6.45, 7) is 6.87. The molecule has 2 N–H and O–H groups in total. The monoisotopic (exact) mass is 267 g/mol. The van der Waals surface area contributed by atoms with E-state index in [0.717, 1.165) is 18.5 Å². The van der Waals surface area contributed by atoms with Crippen LogP contribution in [0.25, 0.3) is 0 Å². The lowest BCUT2D eigenvalue weighted by molar-refractivity contribution is 0.0652. The molecule has 0 aromatic carbocycles. The summed E-state index contributed by atoms with van der Waals surface area (Å²) in [5.41, 5.74) is 6.11. The first-order valence-corrected chi connectivity index (χ1v) is 8.40. The molecule has 0 aromatic rings. The lowest BCUT2D eigenvalue weighted by Crippen LogP contribution is -2.52. The minimum atomic E-state index is 0.624. The molecule has 2 rings (SSSR count). The molecule has 1 aliphatic carbocycles. The summed E-state index contributed by atoms with van der Waals surface area (Å²) in [6, 6.07) is 1.39. The Morgan fingerprint density at radius 3 is 2.26 bits per heavy atom. The molecule has 1 aliphatic heterocycles. The van der Waals surface area contributed by atoms with Gasteiger partial charge in [-0.05, 0) is 58.3 Å². The van der Waals surface area contributed by atoms with E-state index in [4.69, 9.17) is 5.73 Å². The third-order valence-electron chi connectivity index (χ3n) is 5.54. The first-order chi connectivity index (χ1) is 9.26. The minimum absolute atomic E-state index is 0.624. The summed E-state index contributed by atoms with van der Waals surface area (Å²) in [5, 5.41) is 0. The van der Waals surface area contributed by atoms with Crippen molar-refractivity contribution in [2.75, 3.05) is 33.2 Å². The van der Waals surface area contributed by atoms with Crippen molar-refractivity contribution >= 4 is 0 Å². The van der Waals surface area contributed by atoms with Gasteiger partial charge >= 0.3 is 0 Å². The van der Waals surface area contributed by atoms with Crippen molar-refractivity contribution in [1.82, 2.24) is 9.80 Å². The van der Waals surface area contributed by atoms with Gasteiger partial charge in [-0.1, -0.05) is 26.2 Å². The molecule has 3 heteroatoms. The number of rotatable bonds is 5. The average Bonchev–Trinajstić information content (AvgIpc) is 2.49. The van der Waals surface area contributed by atoms with Crippen molar-refractivity contribution in [1.29, 1.82) is 0 Å². The minimum Gasteiger partial charge on any atom is -0.329 e. The second-order valence-electron chi connectivity index (χ2n) is 6.53. The number of piperidine rings is 1. The number of likely N-dealkylation sites (tertiary alicyclic amines) is 1. The van der Waals surface area contributed by atoms with E-state index in [1.807, 2.05) is 0 Å². The van der Waals surface area contributed by atoms with Crippen molar-refractivity contribution in [2.45, 2.75) is 64.0 Å². The Hall–Kier alpha value is -0.120. The number of nitrogens with two attached hydrogens (primary N) is 1. The second kappa shape index (κ2) is 7.61. The van der Waals surface area contributed by atoms with Crippen molar-refractivity contribution < 1.29 is 0 Å². The summed E-state index contributed by atoms with van der Waals surface area (Å²) in [6.07, 6.45) is 9.74. The lowest BCUT2D eigenvalue weighted by Gasteiger charge is -2.43. The quantitative estimate of drug-likeness (QED) is 0.829. The maximum Gasteiger partial charge on any atom is 0.0246 e. The molecule has 0 radical (unpaired) electrons. The number of likely N-dealkylation sites (N-methyl/N-ethyl adjacent to an activating group) is 1. The van der Waals surface area contributed by atoms with Crippen LogP contribution in [0.4, 0.5) is 0 Å². The molecule has 1 heterocycles. The van der Waals surface area contributed by atoms with Crippen LogP contribution in [0.5, 0.6) is 0 Å². The van der Waals surface area contributed by atoms with Crippen LogP contribution in [0.2, 0.25) is 0 Å². The number of nitrogens with zero attached hydrogens (tertiary/aromatic N) is 2. The van der Waals surface area contributed by atoms with Crippen LogP contribution in [-0.4, -0.2) is 55.1 Å². The normalized spacial score (nSPS) is 25.9. The molecular weight excluding hydrogens is 234 g/mol. The Morgan fingerprint density at radius 2 is 1.74 bits per heavy atom. The van der Waals surface area contributed by atoms with E-state index in [2.05, 4.69) is 23.8 Å². The van der Waals surface area contributed by atoms with Crippen molar-refractivity contribution in [3.8, 4) is 0 Å². The molecule has 1 saturated heterocycles. The summed E-state index contributed by atoms with van der Waals surface area (Å²) in [5.74, 6) is 0.855. The Morgan fingerprint density at radius 1 is 1.11 bits per heavy atom. The van der Waals surface area contributed by atoms with Crippen molar-refractivity contribution in [3.05, 3.63) is 0 Å². The van der Waals surface area contributed by atoms with E-state index in [1.54, 1.807) is 0 Å². The highest BCUT2D eigenvalue weighted by Gasteiger charge is 2.31. The Balaban J connectivity index is 1.87. The molecule has 3 nitrogen and oxygen atoms in total. The molecule has 1 atom stereocenters. The lowest BCUT2D eigenvalue weighted by atomic mass is 9.82. The molecule has 1 unspecified atom stereocenters. The zero-order chi connectivity index (χ0) is 13.7. The third kappa shape index (κ3) is 3.93. The molecule has 0 spiro atoms. The Bertz CT molecular complexity index is 242. The van der Waals surface area contributed by atoms with Gasteiger partial charge in [0, 0.05) is 18.6 Å². The van der Waals surface area contributed by atoms with Crippen LogP contribution in [0, 0.1) is 5.92 Å². The highest BCUT2D eigenvalue weighted by atomic mass is 15.2. The van der Waals surface area contributed by atoms with Crippen molar-refractivity contribution in [3.63, 3.8) is 0 Å². The first kappa shape index (κ1) is 15.3. The summed E-state index contributed by atoms with van der Waals surface area (Å²) < 4.78 is 0. The topological polar surface area (TPSA) is 32.5 Å². The van der Waals surface area contributed by atoms with E-state index >= 15 is 0 Å². The van der Waals surface area contributed by atoms with E-state index in [-0.39, 0.29) is 0 Å². The predicted molar refractivity (Wildman–Crippen MR) is 82.3 cm³/mol. The SMILES string of the molecule is CCN1CCC(N(C)C(CN)C2CCCCC2)CC1. The van der Waals surface area contributed by atoms with Gasteiger partial charge in [-0.15, -0.1) is 0 Å². The Kier molecular flexibility index (Phi) is 6.11. The highest BCUT2D eigenvalue weighted by Crippen LogP contribution is 2.30. The van der Waals surface area contributed by atoms with Gasteiger partial charge in [0.05, 0.1) is 0 Å². The summed E-state index contributed by atoms with van der Waals surface area (Å²) in [4.78, 5) is 5.21. The maximum atomic E-state index is 6.11. The van der Waals surface area contributed by atoms with Gasteiger partial charge in [-0.25, -0.2) is 0 Å². The highest BCUT2D eigenvalue weighted by molar-refractivity contribution is 4.87. The summed E-state index contributed by atoms with van der Waals surface area (Å²) in [7, 11) is 2.33. The van der Waals surface area contributed by atoms with E-state index in [1.165, 1.54) is 64.6 Å². The average molecular weight is 267 g/mol. The van der Waals surface area contributed by atoms with Gasteiger partial charge < -0.3 is 10.6 Å². The van der Waals surface area contributed by atoms with E-state index < -0.39 is 0 Å². The van der Waals surface area contributed by atoms with Gasteiger partial charge in [0.25, 0.3) is 0 Å². The van der Waals surface area contributed by atoms with Gasteiger partial charge in [0.2, 0.25) is 0 Å². The first-order valence-electron chi connectivity index (χ1n) is 8.40. The standard InChI is InChI=1S/C16H33N3/c1-3-19-11-9-15(10-12-19)18(2)16(13-17)14-7-5-4-6-8-14/h14-16H,3-13,17H2,1-2H3. The fourth-order valence-electron chi connectivity index (χ4n) is 4.12. The summed E-state index contributed by atoms with van der Waals surface area (Å²) >= 11 is 0. The molecule has 19 heavy (non-hydrogen) atoms. The zero-order valence-electron chi connectivity index (χ0n) is 13.0. The smallest absolute Gasteiger partial charge is 0.0246 e. The largest absolute Gasteiger partial charge is 0.329 e. The molecule has 0 bridgehead atoms. The zero-order valence-corrected chi connectivity index (χ0v) is 13.0. The fourth-order valence-corrected chi connectivity index (χ4v) is 4.12.